The number of nitrogens with one attached hydrogen (secondary N) is 1. The van der Waals surface area contributed by atoms with Gasteiger partial charge in [0.2, 0.25) is 15.9 Å². The predicted molar refractivity (Wildman–Crippen MR) is 114 cm³/mol. The minimum Gasteiger partial charge on any atom is -0.372 e. The molecule has 160 valence electrons. The van der Waals surface area contributed by atoms with Gasteiger partial charge < -0.3 is 10.2 Å². The topological polar surface area (TPSA) is 69.7 Å². The maximum atomic E-state index is 13.1. The van der Waals surface area contributed by atoms with Gasteiger partial charge in [-0.05, 0) is 74.2 Å². The zero-order chi connectivity index (χ0) is 21.1. The van der Waals surface area contributed by atoms with Crippen molar-refractivity contribution in [3.63, 3.8) is 0 Å². The molecule has 2 aromatic rings. The number of hydrogen-bond donors (Lipinski definition) is 1. The van der Waals surface area contributed by atoms with Crippen LogP contribution in [0.3, 0.4) is 0 Å². The van der Waals surface area contributed by atoms with Crippen LogP contribution < -0.4 is 10.2 Å². The highest BCUT2D eigenvalue weighted by atomic mass is 32.2. The summed E-state index contributed by atoms with van der Waals surface area (Å²) >= 11 is 0. The highest BCUT2D eigenvalue weighted by molar-refractivity contribution is 7.89. The Morgan fingerprint density at radius 3 is 2.27 bits per heavy atom. The van der Waals surface area contributed by atoms with Crippen LogP contribution in [-0.2, 0) is 14.8 Å². The zero-order valence-electron chi connectivity index (χ0n) is 16.8. The van der Waals surface area contributed by atoms with Crippen molar-refractivity contribution >= 4 is 27.3 Å². The molecule has 0 radical (unpaired) electrons. The Hall–Kier alpha value is -2.45. The summed E-state index contributed by atoms with van der Waals surface area (Å²) in [5.74, 6) is -1.09. The molecule has 1 atom stereocenters. The second kappa shape index (κ2) is 8.73. The van der Waals surface area contributed by atoms with Crippen LogP contribution in [0.25, 0.3) is 0 Å². The summed E-state index contributed by atoms with van der Waals surface area (Å²) < 4.78 is 40.2. The number of carbonyl (C=O) groups is 1. The van der Waals surface area contributed by atoms with E-state index in [0.29, 0.717) is 25.1 Å². The van der Waals surface area contributed by atoms with Crippen molar-refractivity contribution in [3.05, 3.63) is 54.3 Å². The second-order valence-electron chi connectivity index (χ2n) is 7.89. The lowest BCUT2D eigenvalue weighted by Gasteiger charge is -2.31. The average molecular weight is 432 g/mol. The molecule has 8 heteroatoms. The van der Waals surface area contributed by atoms with Crippen molar-refractivity contribution in [2.45, 2.75) is 30.6 Å². The Morgan fingerprint density at radius 2 is 1.60 bits per heavy atom. The molecule has 4 rings (SSSR count). The molecular weight excluding hydrogens is 405 g/mol. The molecule has 0 spiro atoms. The Balaban J connectivity index is 1.40. The van der Waals surface area contributed by atoms with Crippen molar-refractivity contribution in [1.82, 2.24) is 4.31 Å². The molecule has 2 aliphatic heterocycles. The van der Waals surface area contributed by atoms with Crippen LogP contribution in [-0.4, -0.2) is 44.8 Å². The number of rotatable bonds is 5. The van der Waals surface area contributed by atoms with Crippen molar-refractivity contribution in [2.75, 3.05) is 36.4 Å². The lowest BCUT2D eigenvalue weighted by Crippen LogP contribution is -2.43. The molecule has 0 aromatic heterocycles. The number of carbonyl (C=O) groups excluding carboxylic acids is 1. The van der Waals surface area contributed by atoms with Gasteiger partial charge in [-0.15, -0.1) is 0 Å². The Bertz CT molecular complexity index is 987. The SMILES string of the molecule is O=C(Nc1ccc(N2CCCC2)cc1)[C@H]1CCCN(S(=O)(=O)c2ccc(F)cc2)C1. The maximum Gasteiger partial charge on any atom is 0.243 e. The molecule has 0 saturated carbocycles. The van der Waals surface area contributed by atoms with Crippen LogP contribution in [0.15, 0.2) is 53.4 Å². The first kappa shape index (κ1) is 20.8. The number of piperidine rings is 1. The molecule has 2 aromatic carbocycles. The Kier molecular flexibility index (Phi) is 6.06. The third-order valence-electron chi connectivity index (χ3n) is 5.81. The summed E-state index contributed by atoms with van der Waals surface area (Å²) in [5.41, 5.74) is 1.86. The first-order valence-electron chi connectivity index (χ1n) is 10.3. The van der Waals surface area contributed by atoms with Crippen LogP contribution in [0.5, 0.6) is 0 Å². The minimum atomic E-state index is -3.75. The lowest BCUT2D eigenvalue weighted by molar-refractivity contribution is -0.120. The second-order valence-corrected chi connectivity index (χ2v) is 9.82. The fourth-order valence-corrected chi connectivity index (χ4v) is 5.63. The standard InChI is InChI=1S/C22H26FN3O3S/c23-18-5-11-21(12-6-18)30(28,29)26-15-3-4-17(16-26)22(27)24-19-7-9-20(10-8-19)25-13-1-2-14-25/h5-12,17H,1-4,13-16H2,(H,24,27)/t17-/m0/s1. The van der Waals surface area contributed by atoms with Crippen molar-refractivity contribution in [3.8, 4) is 0 Å². The normalized spacial score (nSPS) is 20.3. The van der Waals surface area contributed by atoms with Crippen LogP contribution in [0.4, 0.5) is 15.8 Å². The third kappa shape index (κ3) is 4.49. The monoisotopic (exact) mass is 431 g/mol. The van der Waals surface area contributed by atoms with E-state index in [9.17, 15) is 17.6 Å². The molecule has 2 aliphatic rings. The van der Waals surface area contributed by atoms with E-state index in [1.165, 1.54) is 29.3 Å². The Morgan fingerprint density at radius 1 is 0.933 bits per heavy atom. The van der Waals surface area contributed by atoms with E-state index in [0.717, 1.165) is 30.9 Å². The molecule has 1 N–H and O–H groups in total. The van der Waals surface area contributed by atoms with E-state index >= 15 is 0 Å². The van der Waals surface area contributed by atoms with E-state index in [2.05, 4.69) is 10.2 Å². The van der Waals surface area contributed by atoms with Gasteiger partial charge in [0.05, 0.1) is 10.8 Å². The van der Waals surface area contributed by atoms with Gasteiger partial charge >= 0.3 is 0 Å². The number of halogens is 1. The van der Waals surface area contributed by atoms with Crippen LogP contribution in [0.1, 0.15) is 25.7 Å². The summed E-state index contributed by atoms with van der Waals surface area (Å²) in [5, 5.41) is 2.92. The number of benzene rings is 2. The van der Waals surface area contributed by atoms with Gasteiger partial charge in [-0.25, -0.2) is 12.8 Å². The number of anilines is 2. The fourth-order valence-electron chi connectivity index (χ4n) is 4.11. The third-order valence-corrected chi connectivity index (χ3v) is 7.69. The van der Waals surface area contributed by atoms with Crippen LogP contribution >= 0.6 is 0 Å². The highest BCUT2D eigenvalue weighted by Crippen LogP contribution is 2.26. The molecular formula is C22H26FN3O3S. The number of nitrogens with zero attached hydrogens (tertiary/aromatic N) is 2. The largest absolute Gasteiger partial charge is 0.372 e. The van der Waals surface area contributed by atoms with E-state index in [4.69, 9.17) is 0 Å². The fraction of sp³-hybridized carbons (Fsp3) is 0.409. The van der Waals surface area contributed by atoms with Gasteiger partial charge in [0.1, 0.15) is 5.82 Å². The van der Waals surface area contributed by atoms with Crippen molar-refractivity contribution in [2.24, 2.45) is 5.92 Å². The Labute approximate surface area is 176 Å². The van der Waals surface area contributed by atoms with Crippen molar-refractivity contribution in [1.29, 1.82) is 0 Å². The van der Waals surface area contributed by atoms with Crippen LogP contribution in [0, 0.1) is 11.7 Å². The number of sulfonamides is 1. The van der Waals surface area contributed by atoms with Gasteiger partial charge in [0.15, 0.2) is 0 Å². The predicted octanol–water partition coefficient (Wildman–Crippen LogP) is 3.47. The molecule has 1 amide bonds. The first-order chi connectivity index (χ1) is 14.4. The molecule has 0 bridgehead atoms. The quantitative estimate of drug-likeness (QED) is 0.787. The molecule has 6 nitrogen and oxygen atoms in total. The van der Waals surface area contributed by atoms with Gasteiger partial charge in [-0.3, -0.25) is 4.79 Å². The summed E-state index contributed by atoms with van der Waals surface area (Å²) in [6.45, 7) is 2.60. The summed E-state index contributed by atoms with van der Waals surface area (Å²) in [4.78, 5) is 15.1. The van der Waals surface area contributed by atoms with Gasteiger partial charge in [0, 0.05) is 37.6 Å². The van der Waals surface area contributed by atoms with Gasteiger partial charge in [-0.1, -0.05) is 0 Å². The maximum absolute atomic E-state index is 13.1. The van der Waals surface area contributed by atoms with E-state index in [1.807, 2.05) is 24.3 Å². The van der Waals surface area contributed by atoms with E-state index < -0.39 is 21.8 Å². The van der Waals surface area contributed by atoms with Gasteiger partial charge in [0.25, 0.3) is 0 Å². The summed E-state index contributed by atoms with van der Waals surface area (Å²) in [6, 6.07) is 12.6. The summed E-state index contributed by atoms with van der Waals surface area (Å²) in [6.07, 6.45) is 3.65. The van der Waals surface area contributed by atoms with Gasteiger partial charge in [-0.2, -0.15) is 4.31 Å². The molecule has 2 fully saturated rings. The first-order valence-corrected chi connectivity index (χ1v) is 11.8. The van der Waals surface area contributed by atoms with E-state index in [-0.39, 0.29) is 17.3 Å². The number of amides is 1. The summed E-state index contributed by atoms with van der Waals surface area (Å²) in [7, 11) is -3.75. The van der Waals surface area contributed by atoms with E-state index in [1.54, 1.807) is 0 Å². The van der Waals surface area contributed by atoms with Crippen LogP contribution in [0.2, 0.25) is 0 Å². The average Bonchev–Trinajstić information content (AvgIpc) is 3.30. The number of hydrogen-bond acceptors (Lipinski definition) is 4. The highest BCUT2D eigenvalue weighted by Gasteiger charge is 2.33. The minimum absolute atomic E-state index is 0.0439. The zero-order valence-corrected chi connectivity index (χ0v) is 17.6. The molecule has 2 saturated heterocycles. The molecule has 0 unspecified atom stereocenters. The molecule has 2 heterocycles. The smallest absolute Gasteiger partial charge is 0.243 e. The molecule has 30 heavy (non-hydrogen) atoms. The molecule has 0 aliphatic carbocycles. The lowest BCUT2D eigenvalue weighted by atomic mass is 9.98. The van der Waals surface area contributed by atoms with Crippen molar-refractivity contribution < 1.29 is 17.6 Å².